The number of benzene rings is 1. The number of hydrogen-bond acceptors (Lipinski definition) is 4. The van der Waals surface area contributed by atoms with Crippen molar-refractivity contribution >= 4 is 23.3 Å². The fraction of sp³-hybridized carbons (Fsp3) is 0.353. The molecular weight excluding hydrogens is 312 g/mol. The lowest BCUT2D eigenvalue weighted by molar-refractivity contribution is 0.0604. The second-order valence-electron chi connectivity index (χ2n) is 6.10. The fourth-order valence-corrected chi connectivity index (χ4v) is 3.23. The van der Waals surface area contributed by atoms with E-state index in [4.69, 9.17) is 17.3 Å². The number of amides is 1. The zero-order valence-corrected chi connectivity index (χ0v) is 14.0. The molecule has 0 spiro atoms. The van der Waals surface area contributed by atoms with Gasteiger partial charge in [-0.3, -0.25) is 4.79 Å². The van der Waals surface area contributed by atoms with Gasteiger partial charge in [0.25, 0.3) is 5.91 Å². The van der Waals surface area contributed by atoms with Gasteiger partial charge in [0, 0.05) is 28.9 Å². The van der Waals surface area contributed by atoms with Crippen LogP contribution in [-0.4, -0.2) is 27.3 Å². The van der Waals surface area contributed by atoms with Gasteiger partial charge >= 0.3 is 0 Å². The van der Waals surface area contributed by atoms with Crippen LogP contribution in [0, 0.1) is 6.92 Å². The predicted molar refractivity (Wildman–Crippen MR) is 90.3 cm³/mol. The molecule has 3 rings (SSSR count). The first-order chi connectivity index (χ1) is 10.9. The molecule has 120 valence electrons. The molecule has 2 heterocycles. The standard InChI is InChI=1S/C17H19ClN4O/c1-11-10-14(19)21-16(20-11)17(2)8-3-9-22(17)15(23)12-4-6-13(18)7-5-12/h4-7,10H,3,8-9H2,1-2H3,(H2,19,20,21)/t17-/m0/s1. The number of carbonyl (C=O) groups excluding carboxylic acids is 1. The molecule has 23 heavy (non-hydrogen) atoms. The Morgan fingerprint density at radius 1 is 1.30 bits per heavy atom. The maximum Gasteiger partial charge on any atom is 0.254 e. The van der Waals surface area contributed by atoms with Crippen LogP contribution in [-0.2, 0) is 5.54 Å². The zero-order chi connectivity index (χ0) is 16.6. The van der Waals surface area contributed by atoms with Crippen molar-refractivity contribution < 1.29 is 4.79 Å². The van der Waals surface area contributed by atoms with E-state index in [2.05, 4.69) is 9.97 Å². The molecule has 0 radical (unpaired) electrons. The van der Waals surface area contributed by atoms with Crippen molar-refractivity contribution in [2.24, 2.45) is 0 Å². The molecule has 0 aliphatic carbocycles. The van der Waals surface area contributed by atoms with Gasteiger partial charge in [0.05, 0.1) is 0 Å². The summed E-state index contributed by atoms with van der Waals surface area (Å²) >= 11 is 5.90. The first-order valence-electron chi connectivity index (χ1n) is 7.59. The molecule has 1 fully saturated rings. The van der Waals surface area contributed by atoms with E-state index in [0.29, 0.717) is 28.8 Å². The smallest absolute Gasteiger partial charge is 0.254 e. The predicted octanol–water partition coefficient (Wildman–Crippen LogP) is 3.17. The Hall–Kier alpha value is -2.14. The fourth-order valence-electron chi connectivity index (χ4n) is 3.10. The highest BCUT2D eigenvalue weighted by Gasteiger charge is 2.43. The van der Waals surface area contributed by atoms with Crippen molar-refractivity contribution in [1.29, 1.82) is 0 Å². The van der Waals surface area contributed by atoms with Gasteiger partial charge in [0.1, 0.15) is 11.4 Å². The Morgan fingerprint density at radius 2 is 2.00 bits per heavy atom. The third kappa shape index (κ3) is 2.88. The molecule has 1 aliphatic heterocycles. The molecule has 2 N–H and O–H groups in total. The third-order valence-corrected chi connectivity index (χ3v) is 4.59. The topological polar surface area (TPSA) is 72.1 Å². The highest BCUT2D eigenvalue weighted by Crippen LogP contribution is 2.38. The summed E-state index contributed by atoms with van der Waals surface area (Å²) in [5.74, 6) is 1.000. The summed E-state index contributed by atoms with van der Waals surface area (Å²) in [6, 6.07) is 8.67. The second kappa shape index (κ2) is 5.81. The van der Waals surface area contributed by atoms with Crippen LogP contribution in [0.25, 0.3) is 0 Å². The number of anilines is 1. The molecule has 0 saturated carbocycles. The van der Waals surface area contributed by atoms with Crippen LogP contribution in [0.2, 0.25) is 5.02 Å². The number of likely N-dealkylation sites (tertiary alicyclic amines) is 1. The summed E-state index contributed by atoms with van der Waals surface area (Å²) in [6.07, 6.45) is 1.72. The SMILES string of the molecule is Cc1cc(N)nc([C@]2(C)CCCN2C(=O)c2ccc(Cl)cc2)n1. The molecular formula is C17H19ClN4O. The molecule has 2 aromatic rings. The van der Waals surface area contributed by atoms with Crippen molar-refractivity contribution in [3.63, 3.8) is 0 Å². The van der Waals surface area contributed by atoms with Gasteiger partial charge in [-0.05, 0) is 51.0 Å². The van der Waals surface area contributed by atoms with Crippen LogP contribution in [0.5, 0.6) is 0 Å². The van der Waals surface area contributed by atoms with Crippen LogP contribution >= 0.6 is 11.6 Å². The number of hydrogen-bond donors (Lipinski definition) is 1. The summed E-state index contributed by atoms with van der Waals surface area (Å²) in [6.45, 7) is 4.56. The normalized spacial score (nSPS) is 20.7. The van der Waals surface area contributed by atoms with Crippen LogP contribution < -0.4 is 5.73 Å². The van der Waals surface area contributed by atoms with Gasteiger partial charge in [-0.25, -0.2) is 9.97 Å². The Bertz CT molecular complexity index is 727. The summed E-state index contributed by atoms with van der Waals surface area (Å²) in [4.78, 5) is 23.7. The summed E-state index contributed by atoms with van der Waals surface area (Å²) in [5.41, 5.74) is 6.74. The minimum absolute atomic E-state index is 0.0367. The van der Waals surface area contributed by atoms with Crippen molar-refractivity contribution in [1.82, 2.24) is 14.9 Å². The molecule has 1 aromatic heterocycles. The Labute approximate surface area is 140 Å². The number of carbonyl (C=O) groups is 1. The Morgan fingerprint density at radius 3 is 2.65 bits per heavy atom. The van der Waals surface area contributed by atoms with Crippen LogP contribution in [0.15, 0.2) is 30.3 Å². The summed E-state index contributed by atoms with van der Waals surface area (Å²) in [5, 5.41) is 0.612. The maximum atomic E-state index is 12.9. The minimum atomic E-state index is -0.545. The van der Waals surface area contributed by atoms with Crippen LogP contribution in [0.3, 0.4) is 0 Å². The van der Waals surface area contributed by atoms with Gasteiger partial charge in [0.15, 0.2) is 5.82 Å². The number of halogens is 1. The summed E-state index contributed by atoms with van der Waals surface area (Å²) in [7, 11) is 0. The number of aromatic nitrogens is 2. The zero-order valence-electron chi connectivity index (χ0n) is 13.2. The van der Waals surface area contributed by atoms with E-state index in [1.165, 1.54) is 0 Å². The Balaban J connectivity index is 1.98. The van der Waals surface area contributed by atoms with Gasteiger partial charge in [0.2, 0.25) is 0 Å². The first kappa shape index (κ1) is 15.7. The molecule has 0 unspecified atom stereocenters. The van der Waals surface area contributed by atoms with E-state index < -0.39 is 5.54 Å². The van der Waals surface area contributed by atoms with Gasteiger partial charge in [-0.1, -0.05) is 11.6 Å². The number of nitrogen functional groups attached to an aromatic ring is 1. The van der Waals surface area contributed by atoms with E-state index in [0.717, 1.165) is 18.5 Å². The highest BCUT2D eigenvalue weighted by molar-refractivity contribution is 6.30. The number of nitrogens with zero attached hydrogens (tertiary/aromatic N) is 3. The molecule has 5 nitrogen and oxygen atoms in total. The number of rotatable bonds is 2. The quantitative estimate of drug-likeness (QED) is 0.918. The molecule has 0 bridgehead atoms. The average molecular weight is 331 g/mol. The minimum Gasteiger partial charge on any atom is -0.384 e. The van der Waals surface area contributed by atoms with Gasteiger partial charge in [-0.2, -0.15) is 0 Å². The molecule has 1 amide bonds. The lowest BCUT2D eigenvalue weighted by Crippen LogP contribution is -2.44. The highest BCUT2D eigenvalue weighted by atomic mass is 35.5. The van der Waals surface area contributed by atoms with Crippen LogP contribution in [0.4, 0.5) is 5.82 Å². The lowest BCUT2D eigenvalue weighted by atomic mass is 9.96. The first-order valence-corrected chi connectivity index (χ1v) is 7.97. The van der Waals surface area contributed by atoms with Crippen molar-refractivity contribution in [2.45, 2.75) is 32.2 Å². The number of nitrogens with two attached hydrogens (primary N) is 1. The molecule has 1 atom stereocenters. The maximum absolute atomic E-state index is 12.9. The molecule has 1 saturated heterocycles. The van der Waals surface area contributed by atoms with Crippen molar-refractivity contribution in [3.8, 4) is 0 Å². The van der Waals surface area contributed by atoms with E-state index in [-0.39, 0.29) is 5.91 Å². The van der Waals surface area contributed by atoms with Crippen LogP contribution in [0.1, 0.15) is 41.6 Å². The molecule has 6 heteroatoms. The monoisotopic (exact) mass is 330 g/mol. The van der Waals surface area contributed by atoms with E-state index >= 15 is 0 Å². The van der Waals surface area contributed by atoms with Gasteiger partial charge in [-0.15, -0.1) is 0 Å². The molecule has 1 aliphatic rings. The lowest BCUT2D eigenvalue weighted by Gasteiger charge is -2.34. The third-order valence-electron chi connectivity index (χ3n) is 4.33. The van der Waals surface area contributed by atoms with E-state index in [1.807, 2.05) is 18.7 Å². The second-order valence-corrected chi connectivity index (χ2v) is 6.54. The van der Waals surface area contributed by atoms with Crippen molar-refractivity contribution in [3.05, 3.63) is 52.4 Å². The van der Waals surface area contributed by atoms with Crippen molar-refractivity contribution in [2.75, 3.05) is 12.3 Å². The van der Waals surface area contributed by atoms with E-state index in [1.54, 1.807) is 30.3 Å². The number of aryl methyl sites for hydroxylation is 1. The Kier molecular flexibility index (Phi) is 3.98. The van der Waals surface area contributed by atoms with Gasteiger partial charge < -0.3 is 10.6 Å². The summed E-state index contributed by atoms with van der Waals surface area (Å²) < 4.78 is 0. The van der Waals surface area contributed by atoms with E-state index in [9.17, 15) is 4.79 Å². The molecule has 1 aromatic carbocycles. The average Bonchev–Trinajstić information content (AvgIpc) is 2.89. The largest absolute Gasteiger partial charge is 0.384 e.